The summed E-state index contributed by atoms with van der Waals surface area (Å²) in [5, 5.41) is 54.1. The van der Waals surface area contributed by atoms with E-state index in [-0.39, 0.29) is 65.3 Å². The summed E-state index contributed by atoms with van der Waals surface area (Å²) in [6, 6.07) is 0. The van der Waals surface area contributed by atoms with E-state index < -0.39 is 78.8 Å². The molecule has 0 aromatic carbocycles. The van der Waals surface area contributed by atoms with E-state index >= 15 is 0 Å². The van der Waals surface area contributed by atoms with E-state index in [1.165, 1.54) is 25.0 Å². The van der Waals surface area contributed by atoms with Gasteiger partial charge in [0.2, 0.25) is 0 Å². The van der Waals surface area contributed by atoms with E-state index in [1.54, 1.807) is 7.11 Å². The fourth-order valence-corrected chi connectivity index (χ4v) is 13.1. The van der Waals surface area contributed by atoms with Gasteiger partial charge in [0.15, 0.2) is 18.7 Å². The molecular formula is C46H74O14. The number of ether oxygens (including phenoxy) is 7. The Morgan fingerprint density at radius 2 is 1.57 bits per heavy atom. The van der Waals surface area contributed by atoms with E-state index in [4.69, 9.17) is 33.2 Å². The summed E-state index contributed by atoms with van der Waals surface area (Å²) >= 11 is 0. The molecule has 342 valence electrons. The lowest BCUT2D eigenvalue weighted by Crippen LogP contribution is -2.63. The fraction of sp³-hybridized carbons (Fsp3) is 0.870. The number of fused-ring (bicyclic) bond motifs is 5. The lowest BCUT2D eigenvalue weighted by molar-refractivity contribution is -0.317. The van der Waals surface area contributed by atoms with Crippen LogP contribution in [0.25, 0.3) is 0 Å². The normalized spacial score (nSPS) is 46.5. The molecular weight excluding hydrogens is 776 g/mol. The van der Waals surface area contributed by atoms with Crippen molar-refractivity contribution in [2.24, 2.45) is 45.3 Å². The Hall–Kier alpha value is -1.98. The van der Waals surface area contributed by atoms with Crippen molar-refractivity contribution in [2.75, 3.05) is 20.3 Å². The quantitative estimate of drug-likeness (QED) is 0.137. The van der Waals surface area contributed by atoms with Gasteiger partial charge in [-0.25, -0.2) is 0 Å². The monoisotopic (exact) mass is 851 g/mol. The van der Waals surface area contributed by atoms with E-state index in [0.717, 1.165) is 32.1 Å². The van der Waals surface area contributed by atoms with Crippen LogP contribution >= 0.6 is 0 Å². The first kappa shape index (κ1) is 47.5. The molecule has 6 aliphatic rings. The number of rotatable bonds is 12. The number of hydrogen-bond acceptors (Lipinski definition) is 14. The SMILES string of the molecule is CO[C@@H]1C=C2[C@H](CCC(O[C@@H]3OC[C@@H](O)[C@H](O)[C@H]3O)C2(C)C)[C@]2(C)CC[C@]3(C)[C@@H]([C@H](C)CCC=C(C)C)[C@@H](O[C@@H]4O[C@H](COC(C)=O)[C@@H](OC(C)=O)[C@@H](O)[C@H]4O)C[C@@]3(C)C12. The van der Waals surface area contributed by atoms with E-state index in [1.807, 2.05) is 0 Å². The largest absolute Gasteiger partial charge is 0.463 e. The van der Waals surface area contributed by atoms with Gasteiger partial charge in [-0.2, -0.15) is 0 Å². The molecule has 19 atom stereocenters. The second-order valence-corrected chi connectivity index (χ2v) is 20.5. The fourth-order valence-electron chi connectivity index (χ4n) is 13.1. The van der Waals surface area contributed by atoms with Crippen molar-refractivity contribution >= 4 is 11.9 Å². The summed E-state index contributed by atoms with van der Waals surface area (Å²) < 4.78 is 42.7. The van der Waals surface area contributed by atoms with Gasteiger partial charge in [0, 0.05) is 32.3 Å². The van der Waals surface area contributed by atoms with Gasteiger partial charge in [-0.3, -0.25) is 9.59 Å². The molecule has 0 aromatic rings. The van der Waals surface area contributed by atoms with Crippen LogP contribution in [0.4, 0.5) is 0 Å². The lowest BCUT2D eigenvalue weighted by Gasteiger charge is -2.67. The maximum atomic E-state index is 12.1. The van der Waals surface area contributed by atoms with Gasteiger partial charge in [0.1, 0.15) is 43.2 Å². The Balaban J connectivity index is 1.34. The molecule has 0 aromatic heterocycles. The topological polar surface area (TPSA) is 200 Å². The first-order chi connectivity index (χ1) is 28.0. The number of allylic oxidation sites excluding steroid dienone is 2. The van der Waals surface area contributed by atoms with Crippen LogP contribution in [-0.4, -0.2) is 131 Å². The molecule has 60 heavy (non-hydrogen) atoms. The van der Waals surface area contributed by atoms with E-state index in [2.05, 4.69) is 67.5 Å². The maximum Gasteiger partial charge on any atom is 0.303 e. The van der Waals surface area contributed by atoms with Gasteiger partial charge < -0.3 is 58.7 Å². The number of carbonyl (C=O) groups excluding carboxylic acids is 2. The number of hydrogen-bond donors (Lipinski definition) is 5. The number of carbonyl (C=O) groups is 2. The molecule has 2 saturated heterocycles. The van der Waals surface area contributed by atoms with Gasteiger partial charge in [-0.15, -0.1) is 0 Å². The molecule has 3 saturated carbocycles. The van der Waals surface area contributed by atoms with Crippen LogP contribution in [0.2, 0.25) is 0 Å². The highest BCUT2D eigenvalue weighted by atomic mass is 16.7. The zero-order valence-electron chi connectivity index (χ0n) is 37.7. The van der Waals surface area contributed by atoms with Gasteiger partial charge in [0.05, 0.1) is 24.9 Å². The van der Waals surface area contributed by atoms with Crippen LogP contribution in [0.1, 0.15) is 114 Å². The average Bonchev–Trinajstić information content (AvgIpc) is 3.40. The second kappa shape index (κ2) is 17.9. The Morgan fingerprint density at radius 3 is 2.20 bits per heavy atom. The molecule has 14 nitrogen and oxygen atoms in total. The molecule has 0 bridgehead atoms. The minimum atomic E-state index is -1.55. The summed E-state index contributed by atoms with van der Waals surface area (Å²) in [7, 11) is 1.78. The summed E-state index contributed by atoms with van der Waals surface area (Å²) in [6.07, 6.45) is -2.17. The Bertz CT molecular complexity index is 1610. The highest BCUT2D eigenvalue weighted by Crippen LogP contribution is 2.75. The lowest BCUT2D eigenvalue weighted by atomic mass is 9.38. The third kappa shape index (κ3) is 8.41. The minimum Gasteiger partial charge on any atom is -0.463 e. The van der Waals surface area contributed by atoms with Crippen molar-refractivity contribution < 1.29 is 68.3 Å². The summed E-state index contributed by atoms with van der Waals surface area (Å²) in [4.78, 5) is 23.9. The van der Waals surface area contributed by atoms with E-state index in [9.17, 15) is 35.1 Å². The molecule has 6 rings (SSSR count). The summed E-state index contributed by atoms with van der Waals surface area (Å²) in [5.41, 5.74) is 1.30. The third-order valence-electron chi connectivity index (χ3n) is 16.3. The number of aliphatic hydroxyl groups excluding tert-OH is 5. The van der Waals surface area contributed by atoms with Crippen molar-refractivity contribution in [3.63, 3.8) is 0 Å². The van der Waals surface area contributed by atoms with Gasteiger partial charge in [-0.1, -0.05) is 64.8 Å². The van der Waals surface area contributed by atoms with Gasteiger partial charge in [-0.05, 0) is 92.8 Å². The van der Waals surface area contributed by atoms with Crippen LogP contribution in [-0.2, 0) is 42.7 Å². The van der Waals surface area contributed by atoms with Gasteiger partial charge in [0.25, 0.3) is 0 Å². The molecule has 0 amide bonds. The van der Waals surface area contributed by atoms with Crippen LogP contribution in [0.5, 0.6) is 0 Å². The molecule has 2 unspecified atom stereocenters. The molecule has 0 radical (unpaired) electrons. The van der Waals surface area contributed by atoms with Crippen molar-refractivity contribution in [3.8, 4) is 0 Å². The molecule has 2 heterocycles. The molecule has 4 aliphatic carbocycles. The predicted octanol–water partition coefficient (Wildman–Crippen LogP) is 4.36. The highest BCUT2D eigenvalue weighted by molar-refractivity contribution is 5.66. The summed E-state index contributed by atoms with van der Waals surface area (Å²) in [5.74, 6) is -0.714. The standard InChI is InChI=1S/C46H74O14/c1-23(2)13-12-14-24(3)34-31(58-42-38(53)36(51)39(57-26(5)48)32(59-42)22-55-25(4)47)20-46(10)40-30(54-11)19-28-27(44(40,8)17-18-45(34,46)9)15-16-33(43(28,6)7)60-41-37(52)35(50)29(49)21-56-41/h13,19,24,27,29-42,49-53H,12,14-18,20-22H2,1-11H3/t24-,27+,29-,30-,31+,32-,33?,34+,35+,36+,37-,38-,39-,40?,41+,42-,44+,45-,46+/m1/s1. The van der Waals surface area contributed by atoms with Crippen molar-refractivity contribution in [1.29, 1.82) is 0 Å². The Morgan fingerprint density at radius 1 is 0.883 bits per heavy atom. The molecule has 5 fully saturated rings. The molecule has 14 heteroatoms. The van der Waals surface area contributed by atoms with Gasteiger partial charge >= 0.3 is 11.9 Å². The second-order valence-electron chi connectivity index (χ2n) is 20.5. The zero-order chi connectivity index (χ0) is 44.3. The molecule has 2 aliphatic heterocycles. The van der Waals surface area contributed by atoms with Crippen molar-refractivity contribution in [1.82, 2.24) is 0 Å². The molecule has 0 spiro atoms. The van der Waals surface area contributed by atoms with Crippen molar-refractivity contribution in [3.05, 3.63) is 23.3 Å². The number of esters is 2. The van der Waals surface area contributed by atoms with Crippen LogP contribution in [0.15, 0.2) is 23.3 Å². The first-order valence-electron chi connectivity index (χ1n) is 22.2. The third-order valence-corrected chi connectivity index (χ3v) is 16.3. The predicted molar refractivity (Wildman–Crippen MR) is 219 cm³/mol. The summed E-state index contributed by atoms with van der Waals surface area (Å²) in [6.45, 7) is 20.1. The van der Waals surface area contributed by atoms with Crippen LogP contribution in [0.3, 0.4) is 0 Å². The maximum absolute atomic E-state index is 12.1. The van der Waals surface area contributed by atoms with Crippen molar-refractivity contribution in [2.45, 2.75) is 188 Å². The Kier molecular flexibility index (Phi) is 14.2. The molecule has 5 N–H and O–H groups in total. The van der Waals surface area contributed by atoms with E-state index in [0.29, 0.717) is 12.8 Å². The smallest absolute Gasteiger partial charge is 0.303 e. The van der Waals surface area contributed by atoms with Crippen LogP contribution < -0.4 is 0 Å². The highest BCUT2D eigenvalue weighted by Gasteiger charge is 2.72. The zero-order valence-corrected chi connectivity index (χ0v) is 37.7. The average molecular weight is 851 g/mol. The van der Waals surface area contributed by atoms with Crippen LogP contribution in [0, 0.1) is 45.3 Å². The number of aliphatic hydroxyl groups is 5. The minimum absolute atomic E-state index is 0.0305. The Labute approximate surface area is 356 Å². The first-order valence-corrected chi connectivity index (χ1v) is 22.2. The number of methoxy groups -OCH3 is 1.